The van der Waals surface area contributed by atoms with E-state index in [-0.39, 0.29) is 0 Å². The molecule has 0 unspecified atom stereocenters. The second kappa shape index (κ2) is 3.05. The van der Waals surface area contributed by atoms with Crippen LogP contribution in [0.4, 0.5) is 0 Å². The molecule has 0 aliphatic rings. The molecule has 1 heterocycles. The summed E-state index contributed by atoms with van der Waals surface area (Å²) < 4.78 is 0. The van der Waals surface area contributed by atoms with E-state index in [0.717, 1.165) is 16.8 Å². The van der Waals surface area contributed by atoms with Gasteiger partial charge in [0.25, 0.3) is 0 Å². The van der Waals surface area contributed by atoms with E-state index in [1.807, 2.05) is 27.0 Å². The summed E-state index contributed by atoms with van der Waals surface area (Å²) in [5, 5.41) is 7.57. The van der Waals surface area contributed by atoms with Crippen LogP contribution in [-0.4, -0.2) is 10.7 Å². The van der Waals surface area contributed by atoms with Gasteiger partial charge >= 0.3 is 0 Å². The minimum absolute atomic E-state index is 0.598. The second-order valence-electron chi connectivity index (χ2n) is 3.15. The quantitative estimate of drug-likeness (QED) is 0.632. The fourth-order valence-corrected chi connectivity index (χ4v) is 1.38. The summed E-state index contributed by atoms with van der Waals surface area (Å²) in [6.07, 6.45) is 1.86. The van der Waals surface area contributed by atoms with E-state index in [1.54, 1.807) is 6.92 Å². The van der Waals surface area contributed by atoms with Crippen LogP contribution < -0.4 is 0 Å². The molecular weight excluding hydrogens is 148 g/mol. The van der Waals surface area contributed by atoms with Gasteiger partial charge in [-0.1, -0.05) is 0 Å². The van der Waals surface area contributed by atoms with Gasteiger partial charge in [-0.25, -0.2) is 0 Å². The Morgan fingerprint density at radius 3 is 2.33 bits per heavy atom. The van der Waals surface area contributed by atoms with E-state index in [4.69, 9.17) is 5.41 Å². The molecule has 0 aliphatic carbocycles. The maximum absolute atomic E-state index is 7.57. The number of aromatic nitrogens is 1. The molecule has 0 aromatic carbocycles. The number of aryl methyl sites for hydroxylation is 2. The first-order chi connectivity index (χ1) is 5.54. The van der Waals surface area contributed by atoms with Crippen molar-refractivity contribution < 1.29 is 0 Å². The number of rotatable bonds is 1. The largest absolute Gasteiger partial charge is 0.305 e. The number of hydrogen-bond acceptors (Lipinski definition) is 2. The summed E-state index contributed by atoms with van der Waals surface area (Å²) in [6.45, 7) is 7.81. The molecule has 1 N–H and O–H groups in total. The van der Waals surface area contributed by atoms with Crippen LogP contribution in [0.5, 0.6) is 0 Å². The predicted molar refractivity (Wildman–Crippen MR) is 51.0 cm³/mol. The van der Waals surface area contributed by atoms with Crippen molar-refractivity contribution in [1.29, 1.82) is 5.41 Å². The molecular formula is C10H14N2. The zero-order valence-corrected chi connectivity index (χ0v) is 8.02. The molecule has 0 bridgehead atoms. The SMILES string of the molecule is CC(=N)c1c(C)ncc(C)c1C. The highest BCUT2D eigenvalue weighted by Gasteiger charge is 2.07. The first kappa shape index (κ1) is 8.91. The number of nitrogens with zero attached hydrogens (tertiary/aromatic N) is 1. The van der Waals surface area contributed by atoms with E-state index in [9.17, 15) is 0 Å². The fraction of sp³-hybridized carbons (Fsp3) is 0.400. The van der Waals surface area contributed by atoms with Crippen molar-refractivity contribution in [3.63, 3.8) is 0 Å². The van der Waals surface area contributed by atoms with Gasteiger partial charge in [0.1, 0.15) is 0 Å². The van der Waals surface area contributed by atoms with E-state index in [1.165, 1.54) is 5.56 Å². The first-order valence-electron chi connectivity index (χ1n) is 4.02. The molecule has 1 aromatic rings. The molecule has 64 valence electrons. The Kier molecular flexibility index (Phi) is 2.27. The average molecular weight is 162 g/mol. The number of nitrogens with one attached hydrogen (secondary N) is 1. The van der Waals surface area contributed by atoms with Gasteiger partial charge in [0, 0.05) is 23.2 Å². The Morgan fingerprint density at radius 1 is 1.33 bits per heavy atom. The van der Waals surface area contributed by atoms with Crippen molar-refractivity contribution in [2.75, 3.05) is 0 Å². The molecule has 12 heavy (non-hydrogen) atoms. The molecule has 0 aliphatic heterocycles. The molecule has 0 spiro atoms. The monoisotopic (exact) mass is 162 g/mol. The molecule has 0 radical (unpaired) electrons. The molecule has 1 aromatic heterocycles. The lowest BCUT2D eigenvalue weighted by Gasteiger charge is -2.09. The Balaban J connectivity index is 3.43. The molecule has 0 atom stereocenters. The van der Waals surface area contributed by atoms with Crippen LogP contribution in [-0.2, 0) is 0 Å². The van der Waals surface area contributed by atoms with Gasteiger partial charge in [-0.2, -0.15) is 0 Å². The Labute approximate surface area is 73.2 Å². The smallest absolute Gasteiger partial charge is 0.0465 e. The van der Waals surface area contributed by atoms with Crippen LogP contribution >= 0.6 is 0 Å². The van der Waals surface area contributed by atoms with Crippen molar-refractivity contribution in [3.8, 4) is 0 Å². The van der Waals surface area contributed by atoms with E-state index in [0.29, 0.717) is 5.71 Å². The van der Waals surface area contributed by atoms with Crippen LogP contribution in [0.25, 0.3) is 0 Å². The van der Waals surface area contributed by atoms with Crippen LogP contribution in [0.2, 0.25) is 0 Å². The van der Waals surface area contributed by atoms with Gasteiger partial charge in [0.2, 0.25) is 0 Å². The van der Waals surface area contributed by atoms with Gasteiger partial charge in [-0.3, -0.25) is 4.98 Å². The highest BCUT2D eigenvalue weighted by Crippen LogP contribution is 2.15. The molecule has 0 fully saturated rings. The summed E-state index contributed by atoms with van der Waals surface area (Å²) in [4.78, 5) is 4.22. The van der Waals surface area contributed by atoms with E-state index in [2.05, 4.69) is 4.98 Å². The number of pyridine rings is 1. The van der Waals surface area contributed by atoms with E-state index < -0.39 is 0 Å². The zero-order chi connectivity index (χ0) is 9.30. The highest BCUT2D eigenvalue weighted by atomic mass is 14.7. The summed E-state index contributed by atoms with van der Waals surface area (Å²) in [5.74, 6) is 0. The lowest BCUT2D eigenvalue weighted by atomic mass is 10.0. The molecule has 0 amide bonds. The van der Waals surface area contributed by atoms with E-state index >= 15 is 0 Å². The normalized spacial score (nSPS) is 10.0. The van der Waals surface area contributed by atoms with Crippen LogP contribution in [0, 0.1) is 26.2 Å². The lowest BCUT2D eigenvalue weighted by Crippen LogP contribution is -2.03. The third kappa shape index (κ3) is 1.37. The predicted octanol–water partition coefficient (Wildman–Crippen LogP) is 2.39. The third-order valence-corrected chi connectivity index (χ3v) is 2.16. The molecule has 1 rings (SSSR count). The molecule has 2 nitrogen and oxygen atoms in total. The van der Waals surface area contributed by atoms with Crippen LogP contribution in [0.15, 0.2) is 6.20 Å². The first-order valence-corrected chi connectivity index (χ1v) is 4.02. The number of hydrogen-bond donors (Lipinski definition) is 1. The molecule has 2 heteroatoms. The minimum Gasteiger partial charge on any atom is -0.305 e. The third-order valence-electron chi connectivity index (χ3n) is 2.16. The summed E-state index contributed by atoms with van der Waals surface area (Å²) in [6, 6.07) is 0. The molecule has 0 saturated heterocycles. The Hall–Kier alpha value is -1.18. The highest BCUT2D eigenvalue weighted by molar-refractivity contribution is 5.98. The van der Waals surface area contributed by atoms with Crippen molar-refractivity contribution >= 4 is 5.71 Å². The average Bonchev–Trinajstić information content (AvgIpc) is 1.97. The van der Waals surface area contributed by atoms with Gasteiger partial charge in [-0.15, -0.1) is 0 Å². The Morgan fingerprint density at radius 2 is 1.92 bits per heavy atom. The topological polar surface area (TPSA) is 36.7 Å². The molecule has 0 saturated carbocycles. The minimum atomic E-state index is 0.598. The summed E-state index contributed by atoms with van der Waals surface area (Å²) in [5.41, 5.74) is 4.87. The maximum atomic E-state index is 7.57. The fourth-order valence-electron chi connectivity index (χ4n) is 1.38. The van der Waals surface area contributed by atoms with Crippen molar-refractivity contribution in [3.05, 3.63) is 28.6 Å². The van der Waals surface area contributed by atoms with Crippen molar-refractivity contribution in [2.24, 2.45) is 0 Å². The Bertz CT molecular complexity index is 327. The van der Waals surface area contributed by atoms with Gasteiger partial charge < -0.3 is 5.41 Å². The van der Waals surface area contributed by atoms with Crippen LogP contribution in [0.3, 0.4) is 0 Å². The zero-order valence-electron chi connectivity index (χ0n) is 8.02. The summed E-state index contributed by atoms with van der Waals surface area (Å²) in [7, 11) is 0. The lowest BCUT2D eigenvalue weighted by molar-refractivity contribution is 1.12. The van der Waals surface area contributed by atoms with Crippen LogP contribution in [0.1, 0.15) is 29.3 Å². The second-order valence-corrected chi connectivity index (χ2v) is 3.15. The maximum Gasteiger partial charge on any atom is 0.0465 e. The standard InChI is InChI=1S/C10H14N2/c1-6-5-12-9(4)10(7(6)2)8(3)11/h5,11H,1-4H3. The van der Waals surface area contributed by atoms with Gasteiger partial charge in [0.15, 0.2) is 0 Å². The van der Waals surface area contributed by atoms with Gasteiger partial charge in [0.05, 0.1) is 0 Å². The van der Waals surface area contributed by atoms with Gasteiger partial charge in [-0.05, 0) is 38.8 Å². The van der Waals surface area contributed by atoms with Crippen molar-refractivity contribution in [2.45, 2.75) is 27.7 Å². The summed E-state index contributed by atoms with van der Waals surface area (Å²) >= 11 is 0. The van der Waals surface area contributed by atoms with Crippen molar-refractivity contribution in [1.82, 2.24) is 4.98 Å².